The molecular weight excluding hydrogens is 303 g/mol. The van der Waals surface area contributed by atoms with Gasteiger partial charge < -0.3 is 9.66 Å². The van der Waals surface area contributed by atoms with E-state index in [1.165, 1.54) is 0 Å². The Morgan fingerprint density at radius 3 is 2.00 bits per heavy atom. The first-order valence-corrected chi connectivity index (χ1v) is 9.01. The van der Waals surface area contributed by atoms with Gasteiger partial charge in [-0.25, -0.2) is 8.42 Å². The summed E-state index contributed by atoms with van der Waals surface area (Å²) in [6.45, 7) is 4.14. The van der Waals surface area contributed by atoms with Crippen molar-refractivity contribution in [2.24, 2.45) is 0 Å². The Morgan fingerprint density at radius 2 is 1.50 bits per heavy atom. The molecule has 0 aliphatic carbocycles. The van der Waals surface area contributed by atoms with Crippen LogP contribution in [-0.2, 0) is 10.1 Å². The standard InChI is InChI=1S/C14H30O4S.K/c1-3-5-7-8-10-14(19(16,17)18)12-11-13(15)9-6-4-2;/h13-15H,3-12H2,1-2H3,(H,16,17,18);/q;+1/p-1. The summed E-state index contributed by atoms with van der Waals surface area (Å²) in [6, 6.07) is 0. The van der Waals surface area contributed by atoms with Gasteiger partial charge in [0.25, 0.3) is 0 Å². The molecule has 6 heteroatoms. The van der Waals surface area contributed by atoms with E-state index < -0.39 is 21.5 Å². The molecule has 116 valence electrons. The first-order chi connectivity index (χ1) is 8.91. The third-order valence-corrected chi connectivity index (χ3v) is 4.79. The number of unbranched alkanes of at least 4 members (excludes halogenated alkanes) is 4. The maximum atomic E-state index is 11.2. The van der Waals surface area contributed by atoms with E-state index >= 15 is 0 Å². The number of aliphatic hydroxyl groups excluding tert-OH is 1. The Kier molecular flexibility index (Phi) is 16.8. The van der Waals surface area contributed by atoms with Crippen molar-refractivity contribution in [2.45, 2.75) is 89.4 Å². The van der Waals surface area contributed by atoms with E-state index in [-0.39, 0.29) is 51.4 Å². The van der Waals surface area contributed by atoms with E-state index in [1.807, 2.05) is 6.92 Å². The van der Waals surface area contributed by atoms with Crippen molar-refractivity contribution in [3.05, 3.63) is 0 Å². The molecule has 0 amide bonds. The van der Waals surface area contributed by atoms with Crippen molar-refractivity contribution in [1.82, 2.24) is 0 Å². The molecular formula is C14H29KO4S. The zero-order chi connectivity index (χ0) is 14.7. The molecule has 0 aliphatic heterocycles. The number of hydrogen-bond acceptors (Lipinski definition) is 4. The van der Waals surface area contributed by atoms with Crippen molar-refractivity contribution in [3.63, 3.8) is 0 Å². The molecule has 0 rings (SSSR count). The second kappa shape index (κ2) is 14.1. The topological polar surface area (TPSA) is 77.4 Å². The molecule has 2 atom stereocenters. The molecule has 0 saturated carbocycles. The molecule has 0 bridgehead atoms. The minimum absolute atomic E-state index is 0. The first-order valence-electron chi connectivity index (χ1n) is 7.54. The van der Waals surface area contributed by atoms with E-state index in [1.54, 1.807) is 0 Å². The summed E-state index contributed by atoms with van der Waals surface area (Å²) in [5.74, 6) is 0. The van der Waals surface area contributed by atoms with E-state index in [2.05, 4.69) is 6.92 Å². The quantitative estimate of drug-likeness (QED) is 0.315. The van der Waals surface area contributed by atoms with Crippen molar-refractivity contribution < 1.29 is 69.5 Å². The van der Waals surface area contributed by atoms with Gasteiger partial charge in [0.1, 0.15) is 0 Å². The van der Waals surface area contributed by atoms with Gasteiger partial charge in [0.15, 0.2) is 0 Å². The van der Waals surface area contributed by atoms with Crippen LogP contribution in [0.2, 0.25) is 0 Å². The smallest absolute Gasteiger partial charge is 0.748 e. The first kappa shape index (κ1) is 23.8. The van der Waals surface area contributed by atoms with Crippen molar-refractivity contribution in [1.29, 1.82) is 0 Å². The zero-order valence-electron chi connectivity index (χ0n) is 13.3. The Morgan fingerprint density at radius 1 is 0.900 bits per heavy atom. The molecule has 0 radical (unpaired) electrons. The van der Waals surface area contributed by atoms with Crippen LogP contribution in [0.25, 0.3) is 0 Å². The van der Waals surface area contributed by atoms with E-state index in [0.717, 1.165) is 38.5 Å². The summed E-state index contributed by atoms with van der Waals surface area (Å²) >= 11 is 0. The molecule has 1 N–H and O–H groups in total. The average Bonchev–Trinajstić information content (AvgIpc) is 2.33. The van der Waals surface area contributed by atoms with Gasteiger partial charge in [0, 0.05) is 5.25 Å². The predicted octanol–water partition coefficient (Wildman–Crippen LogP) is 0.206. The van der Waals surface area contributed by atoms with Gasteiger partial charge in [-0.2, -0.15) is 0 Å². The van der Waals surface area contributed by atoms with Crippen LogP contribution in [0.3, 0.4) is 0 Å². The second-order valence-corrected chi connectivity index (χ2v) is 6.99. The fourth-order valence-electron chi connectivity index (χ4n) is 2.19. The fraction of sp³-hybridized carbons (Fsp3) is 1.00. The van der Waals surface area contributed by atoms with Gasteiger partial charge in [0.05, 0.1) is 16.2 Å². The molecule has 0 heterocycles. The van der Waals surface area contributed by atoms with Gasteiger partial charge in [-0.05, 0) is 25.7 Å². The minimum Gasteiger partial charge on any atom is -0.748 e. The summed E-state index contributed by atoms with van der Waals surface area (Å²) in [6.07, 6.45) is 7.23. The Labute approximate surface area is 167 Å². The van der Waals surface area contributed by atoms with E-state index in [0.29, 0.717) is 25.7 Å². The minimum atomic E-state index is -4.23. The van der Waals surface area contributed by atoms with Crippen LogP contribution in [0, 0.1) is 0 Å². The third-order valence-electron chi connectivity index (χ3n) is 3.50. The van der Waals surface area contributed by atoms with E-state index in [9.17, 15) is 18.1 Å². The van der Waals surface area contributed by atoms with Crippen LogP contribution in [0.1, 0.15) is 78.1 Å². The maximum absolute atomic E-state index is 11.2. The van der Waals surface area contributed by atoms with Crippen LogP contribution < -0.4 is 51.4 Å². The van der Waals surface area contributed by atoms with Gasteiger partial charge >= 0.3 is 51.4 Å². The SMILES string of the molecule is CCCCCCC(CCC(O)CCCC)S(=O)(=O)[O-].[K+]. The molecule has 0 aromatic carbocycles. The van der Waals surface area contributed by atoms with Crippen LogP contribution >= 0.6 is 0 Å². The van der Waals surface area contributed by atoms with Crippen LogP contribution in [0.5, 0.6) is 0 Å². The monoisotopic (exact) mass is 332 g/mol. The van der Waals surface area contributed by atoms with Gasteiger partial charge in [0.2, 0.25) is 0 Å². The van der Waals surface area contributed by atoms with Gasteiger partial charge in [-0.15, -0.1) is 0 Å². The summed E-state index contributed by atoms with van der Waals surface area (Å²) in [5.41, 5.74) is 0. The molecule has 0 aromatic rings. The third kappa shape index (κ3) is 13.2. The zero-order valence-corrected chi connectivity index (χ0v) is 17.2. The molecule has 0 aromatic heterocycles. The Hall–Kier alpha value is 1.51. The maximum Gasteiger partial charge on any atom is 1.00 e. The molecule has 4 nitrogen and oxygen atoms in total. The fourth-order valence-corrected chi connectivity index (χ4v) is 3.07. The summed E-state index contributed by atoms with van der Waals surface area (Å²) < 4.78 is 33.6. The molecule has 2 unspecified atom stereocenters. The van der Waals surface area contributed by atoms with Crippen LogP contribution in [0.15, 0.2) is 0 Å². The predicted molar refractivity (Wildman–Crippen MR) is 77.0 cm³/mol. The number of hydrogen-bond donors (Lipinski definition) is 1. The molecule has 0 spiro atoms. The van der Waals surface area contributed by atoms with Crippen molar-refractivity contribution in [3.8, 4) is 0 Å². The largest absolute Gasteiger partial charge is 1.00 e. The Balaban J connectivity index is 0. The van der Waals surface area contributed by atoms with Crippen molar-refractivity contribution in [2.75, 3.05) is 0 Å². The number of aliphatic hydroxyl groups is 1. The van der Waals surface area contributed by atoms with Gasteiger partial charge in [-0.1, -0.05) is 52.4 Å². The number of rotatable bonds is 12. The second-order valence-electron chi connectivity index (χ2n) is 5.34. The Bertz CT molecular complexity index is 306. The van der Waals surface area contributed by atoms with Crippen molar-refractivity contribution >= 4 is 10.1 Å². The summed E-state index contributed by atoms with van der Waals surface area (Å²) in [4.78, 5) is 0. The molecule has 0 saturated heterocycles. The average molecular weight is 333 g/mol. The molecule has 0 fully saturated rings. The summed E-state index contributed by atoms with van der Waals surface area (Å²) in [5, 5.41) is 8.89. The molecule has 0 aliphatic rings. The summed E-state index contributed by atoms with van der Waals surface area (Å²) in [7, 11) is -4.23. The van der Waals surface area contributed by atoms with Crippen LogP contribution in [-0.4, -0.2) is 29.4 Å². The normalized spacial score (nSPS) is 14.6. The van der Waals surface area contributed by atoms with Crippen LogP contribution in [0.4, 0.5) is 0 Å². The van der Waals surface area contributed by atoms with Gasteiger partial charge in [-0.3, -0.25) is 0 Å². The van der Waals surface area contributed by atoms with E-state index in [4.69, 9.17) is 0 Å². The molecule has 20 heavy (non-hydrogen) atoms.